The summed E-state index contributed by atoms with van der Waals surface area (Å²) in [5, 5.41) is 14.1. The van der Waals surface area contributed by atoms with Crippen LogP contribution in [0.1, 0.15) is 5.82 Å². The molecule has 8 nitrogen and oxygen atoms in total. The predicted octanol–water partition coefficient (Wildman–Crippen LogP) is -1.21. The lowest BCUT2D eigenvalue weighted by atomic mass is 10.5. The van der Waals surface area contributed by atoms with E-state index in [4.69, 9.17) is 5.11 Å². The van der Waals surface area contributed by atoms with Gasteiger partial charge in [0.2, 0.25) is 12.3 Å². The Labute approximate surface area is 84.2 Å². The molecular formula is C7H9N3O5. The molecule has 0 radical (unpaired) electrons. The number of carbonyl (C=O) groups is 2. The number of aliphatic carboxylic acids is 1. The van der Waals surface area contributed by atoms with Crippen molar-refractivity contribution in [3.63, 3.8) is 0 Å². The monoisotopic (exact) mass is 215 g/mol. The van der Waals surface area contributed by atoms with Crippen LogP contribution in [-0.2, 0) is 20.9 Å². The molecule has 0 spiro atoms. The molecule has 0 aliphatic heterocycles. The molecule has 1 rings (SSSR count). The summed E-state index contributed by atoms with van der Waals surface area (Å²) in [7, 11) is 0. The lowest BCUT2D eigenvalue weighted by molar-refractivity contribution is -0.143. The maximum Gasteiger partial charge on any atom is 0.329 e. The summed E-state index contributed by atoms with van der Waals surface area (Å²) in [4.78, 5) is 24.7. The van der Waals surface area contributed by atoms with E-state index in [9.17, 15) is 9.59 Å². The number of nitrogens with zero attached hydrogens (tertiary/aromatic N) is 2. The average Bonchev–Trinajstić information content (AvgIpc) is 2.66. The third-order valence-corrected chi connectivity index (χ3v) is 1.31. The van der Waals surface area contributed by atoms with Gasteiger partial charge in [0.25, 0.3) is 0 Å². The van der Waals surface area contributed by atoms with Crippen LogP contribution in [0.3, 0.4) is 0 Å². The van der Waals surface area contributed by atoms with Crippen molar-refractivity contribution >= 4 is 11.9 Å². The Morgan fingerprint density at radius 1 is 1.53 bits per heavy atom. The van der Waals surface area contributed by atoms with E-state index in [0.717, 1.165) is 6.39 Å². The third-order valence-electron chi connectivity index (χ3n) is 1.31. The minimum Gasteiger partial charge on any atom is -0.480 e. The molecule has 0 atom stereocenters. The number of aromatic nitrogens is 2. The molecule has 2 N–H and O–H groups in total. The molecular weight excluding hydrogens is 206 g/mol. The average molecular weight is 215 g/mol. The van der Waals surface area contributed by atoms with E-state index in [1.165, 1.54) is 0 Å². The maximum atomic E-state index is 11.0. The fraction of sp³-hybridized carbons (Fsp3) is 0.429. The number of carboxylic acid groups (broad SMARTS) is 1. The number of carboxylic acids is 1. The van der Waals surface area contributed by atoms with Crippen LogP contribution in [0.25, 0.3) is 0 Å². The molecule has 0 unspecified atom stereocenters. The van der Waals surface area contributed by atoms with Crippen molar-refractivity contribution in [1.82, 2.24) is 15.5 Å². The zero-order valence-electron chi connectivity index (χ0n) is 7.67. The van der Waals surface area contributed by atoms with Gasteiger partial charge in [-0.2, -0.15) is 4.98 Å². The summed E-state index contributed by atoms with van der Waals surface area (Å²) in [5.41, 5.74) is 0. The molecule has 1 amide bonds. The minimum absolute atomic E-state index is 0.117. The van der Waals surface area contributed by atoms with Crippen molar-refractivity contribution < 1.29 is 24.0 Å². The van der Waals surface area contributed by atoms with Gasteiger partial charge in [-0.3, -0.25) is 4.79 Å². The molecule has 1 aromatic heterocycles. The van der Waals surface area contributed by atoms with E-state index in [1.807, 2.05) is 0 Å². The van der Waals surface area contributed by atoms with Crippen LogP contribution in [0, 0.1) is 0 Å². The topological polar surface area (TPSA) is 115 Å². The number of nitrogens with one attached hydrogen (secondary N) is 1. The highest BCUT2D eigenvalue weighted by Gasteiger charge is 2.05. The first-order valence-electron chi connectivity index (χ1n) is 4.00. The van der Waals surface area contributed by atoms with Crippen LogP contribution in [0.15, 0.2) is 10.9 Å². The lowest BCUT2D eigenvalue weighted by Gasteiger charge is -2.01. The Morgan fingerprint density at radius 2 is 2.33 bits per heavy atom. The molecule has 0 bridgehead atoms. The Hall–Kier alpha value is -1.96. The summed E-state index contributed by atoms with van der Waals surface area (Å²) in [6.45, 7) is -0.703. The Bertz CT molecular complexity index is 323. The number of hydrogen-bond donors (Lipinski definition) is 2. The largest absolute Gasteiger partial charge is 0.480 e. The van der Waals surface area contributed by atoms with Crippen LogP contribution in [0.5, 0.6) is 0 Å². The van der Waals surface area contributed by atoms with Gasteiger partial charge < -0.3 is 19.7 Å². The highest BCUT2D eigenvalue weighted by Crippen LogP contribution is 1.86. The standard InChI is InChI=1S/C7H9N3O5/c11-6(2-14-3-7(12)13)8-1-5-9-4-15-10-5/h4H,1-3H2,(H,8,11)(H,12,13). The minimum atomic E-state index is -1.12. The van der Waals surface area contributed by atoms with E-state index < -0.39 is 18.5 Å². The first-order chi connectivity index (χ1) is 7.18. The summed E-state index contributed by atoms with van der Waals surface area (Å²) in [5.74, 6) is -1.23. The quantitative estimate of drug-likeness (QED) is 0.611. The van der Waals surface area contributed by atoms with Gasteiger partial charge in [0.15, 0.2) is 5.82 Å². The van der Waals surface area contributed by atoms with Gasteiger partial charge in [-0.05, 0) is 0 Å². The maximum absolute atomic E-state index is 11.0. The van der Waals surface area contributed by atoms with E-state index >= 15 is 0 Å². The zero-order valence-corrected chi connectivity index (χ0v) is 7.67. The fourth-order valence-corrected chi connectivity index (χ4v) is 0.730. The molecule has 0 aliphatic carbocycles. The molecule has 0 aromatic carbocycles. The molecule has 1 aromatic rings. The molecule has 15 heavy (non-hydrogen) atoms. The molecule has 82 valence electrons. The van der Waals surface area contributed by atoms with Gasteiger partial charge in [0, 0.05) is 0 Å². The third kappa shape index (κ3) is 4.72. The van der Waals surface area contributed by atoms with Gasteiger partial charge in [-0.15, -0.1) is 0 Å². The van der Waals surface area contributed by atoms with Gasteiger partial charge >= 0.3 is 5.97 Å². The highest BCUT2D eigenvalue weighted by molar-refractivity contribution is 5.77. The van der Waals surface area contributed by atoms with E-state index in [2.05, 4.69) is 24.7 Å². The van der Waals surface area contributed by atoms with Crippen LogP contribution in [-0.4, -0.2) is 40.3 Å². The van der Waals surface area contributed by atoms with Gasteiger partial charge in [-0.25, -0.2) is 4.79 Å². The first kappa shape index (κ1) is 11.1. The van der Waals surface area contributed by atoms with Crippen molar-refractivity contribution in [3.05, 3.63) is 12.2 Å². The van der Waals surface area contributed by atoms with Crippen molar-refractivity contribution in [2.75, 3.05) is 13.2 Å². The van der Waals surface area contributed by atoms with Crippen molar-refractivity contribution in [2.45, 2.75) is 6.54 Å². The number of hydrogen-bond acceptors (Lipinski definition) is 6. The molecule has 8 heteroatoms. The molecule has 1 heterocycles. The summed E-state index contributed by atoms with van der Waals surface area (Å²) >= 11 is 0. The van der Waals surface area contributed by atoms with Crippen LogP contribution >= 0.6 is 0 Å². The number of amides is 1. The van der Waals surface area contributed by atoms with Crippen LogP contribution in [0.4, 0.5) is 0 Å². The second kappa shape index (κ2) is 5.70. The molecule has 0 saturated heterocycles. The van der Waals surface area contributed by atoms with E-state index in [0.29, 0.717) is 5.82 Å². The van der Waals surface area contributed by atoms with Crippen LogP contribution in [0.2, 0.25) is 0 Å². The SMILES string of the molecule is O=C(O)COCC(=O)NCc1ncon1. The Kier molecular flexibility index (Phi) is 4.23. The van der Waals surface area contributed by atoms with Gasteiger partial charge in [0.05, 0.1) is 6.54 Å². The van der Waals surface area contributed by atoms with E-state index in [-0.39, 0.29) is 13.2 Å². The highest BCUT2D eigenvalue weighted by atomic mass is 16.5. The van der Waals surface area contributed by atoms with E-state index in [1.54, 1.807) is 0 Å². The van der Waals surface area contributed by atoms with Crippen LogP contribution < -0.4 is 5.32 Å². The second-order valence-corrected chi connectivity index (χ2v) is 2.51. The smallest absolute Gasteiger partial charge is 0.329 e. The lowest BCUT2D eigenvalue weighted by Crippen LogP contribution is -2.28. The summed E-state index contributed by atoms with van der Waals surface area (Å²) in [6, 6.07) is 0. The summed E-state index contributed by atoms with van der Waals surface area (Å²) in [6.07, 6.45) is 1.14. The number of carbonyl (C=O) groups excluding carboxylic acids is 1. The zero-order chi connectivity index (χ0) is 11.1. The van der Waals surface area contributed by atoms with Crippen molar-refractivity contribution in [1.29, 1.82) is 0 Å². The predicted molar refractivity (Wildman–Crippen MR) is 44.6 cm³/mol. The normalized spacial score (nSPS) is 9.87. The second-order valence-electron chi connectivity index (χ2n) is 2.51. The van der Waals surface area contributed by atoms with Gasteiger partial charge in [0.1, 0.15) is 13.2 Å². The van der Waals surface area contributed by atoms with Crippen molar-refractivity contribution in [2.24, 2.45) is 0 Å². The molecule has 0 aliphatic rings. The van der Waals surface area contributed by atoms with Crippen molar-refractivity contribution in [3.8, 4) is 0 Å². The van der Waals surface area contributed by atoms with Gasteiger partial charge in [-0.1, -0.05) is 5.16 Å². The fourth-order valence-electron chi connectivity index (χ4n) is 0.730. The summed E-state index contributed by atoms with van der Waals surface area (Å²) < 4.78 is 8.99. The Morgan fingerprint density at radius 3 is 2.93 bits per heavy atom. The molecule has 0 saturated carbocycles. The number of ether oxygens (including phenoxy) is 1. The first-order valence-corrected chi connectivity index (χ1v) is 4.00. The Balaban J connectivity index is 2.11. The molecule has 0 fully saturated rings. The number of rotatable bonds is 6.